The molecule has 3 aliphatic carbocycles. The summed E-state index contributed by atoms with van der Waals surface area (Å²) >= 11 is 0. The van der Waals surface area contributed by atoms with Crippen molar-refractivity contribution in [1.29, 1.82) is 0 Å². The van der Waals surface area contributed by atoms with Crippen molar-refractivity contribution in [2.75, 3.05) is 0 Å². The molecule has 3 rings (SSSR count). The van der Waals surface area contributed by atoms with Gasteiger partial charge in [-0.25, -0.2) is 0 Å². The fourth-order valence-corrected chi connectivity index (χ4v) is 7.89. The minimum Gasteiger partial charge on any atom is -0.390 e. The lowest BCUT2D eigenvalue weighted by atomic mass is 9.45. The number of alkyl halides is 3. The maximum atomic E-state index is 13.1. The van der Waals surface area contributed by atoms with E-state index in [9.17, 15) is 23.4 Å². The Labute approximate surface area is 199 Å². The average molecular weight is 473 g/mol. The molecular weight excluding hydrogens is 425 g/mol. The molecule has 0 aliphatic heterocycles. The largest absolute Gasteiger partial charge is 0.416 e. The summed E-state index contributed by atoms with van der Waals surface area (Å²) in [5, 5.41) is 20.6. The predicted molar refractivity (Wildman–Crippen MR) is 128 cm³/mol. The highest BCUT2D eigenvalue weighted by molar-refractivity contribution is 5.26. The van der Waals surface area contributed by atoms with E-state index in [2.05, 4.69) is 33.8 Å². The molecule has 2 N–H and O–H groups in total. The average Bonchev–Trinajstić information content (AvgIpc) is 2.68. The van der Waals surface area contributed by atoms with Crippen LogP contribution in [0, 0.1) is 34.5 Å². The van der Waals surface area contributed by atoms with E-state index in [0.29, 0.717) is 24.2 Å². The topological polar surface area (TPSA) is 40.5 Å². The molecule has 5 heteroatoms. The van der Waals surface area contributed by atoms with Gasteiger partial charge in [-0.2, -0.15) is 13.2 Å². The lowest BCUT2D eigenvalue weighted by molar-refractivity contribution is -0.256. The molecule has 2 saturated carbocycles. The number of rotatable bonds is 7. The first-order chi connectivity index (χ1) is 15.0. The van der Waals surface area contributed by atoms with Gasteiger partial charge in [0.1, 0.15) is 0 Å². The summed E-state index contributed by atoms with van der Waals surface area (Å²) in [7, 11) is 0. The third-order valence-corrected chi connectivity index (χ3v) is 10.0. The lowest BCUT2D eigenvalue weighted by Crippen LogP contribution is -2.52. The van der Waals surface area contributed by atoms with Gasteiger partial charge >= 0.3 is 6.18 Å². The summed E-state index contributed by atoms with van der Waals surface area (Å²) in [6, 6.07) is 0. The van der Waals surface area contributed by atoms with E-state index < -0.39 is 17.4 Å². The van der Waals surface area contributed by atoms with Crippen LogP contribution in [0.5, 0.6) is 0 Å². The van der Waals surface area contributed by atoms with Gasteiger partial charge < -0.3 is 10.2 Å². The van der Waals surface area contributed by atoms with Crippen molar-refractivity contribution in [3.05, 3.63) is 11.6 Å². The van der Waals surface area contributed by atoms with E-state index in [1.807, 2.05) is 6.92 Å². The number of allylic oxidation sites excluding steroid dienone is 1. The van der Waals surface area contributed by atoms with Crippen LogP contribution in [-0.2, 0) is 0 Å². The van der Waals surface area contributed by atoms with Crippen LogP contribution < -0.4 is 0 Å². The lowest BCUT2D eigenvalue weighted by Gasteiger charge is -2.60. The van der Waals surface area contributed by atoms with Crippen molar-refractivity contribution < 1.29 is 23.4 Å². The van der Waals surface area contributed by atoms with Gasteiger partial charge in [-0.1, -0.05) is 45.8 Å². The summed E-state index contributed by atoms with van der Waals surface area (Å²) in [4.78, 5) is 0. The SMILES string of the molecule is CCC[C@H]1[C@@H]2CC=C3C[C@@](C)(O)CC[C@]3(C)[C@H]2CC[C@]1(C)C[C@H](C)CC[C@@](C)(O)C(F)(F)F. The minimum absolute atomic E-state index is 0.128. The normalized spacial score (nSPS) is 42.0. The van der Waals surface area contributed by atoms with Crippen LogP contribution in [0.4, 0.5) is 13.2 Å². The second kappa shape index (κ2) is 9.15. The molecule has 192 valence electrons. The third-order valence-electron chi connectivity index (χ3n) is 10.0. The number of aliphatic hydroxyl groups is 2. The van der Waals surface area contributed by atoms with Crippen LogP contribution in [0.25, 0.3) is 0 Å². The van der Waals surface area contributed by atoms with E-state index >= 15 is 0 Å². The summed E-state index contributed by atoms with van der Waals surface area (Å²) in [6.45, 7) is 12.0. The van der Waals surface area contributed by atoms with Gasteiger partial charge in [0, 0.05) is 0 Å². The van der Waals surface area contributed by atoms with Crippen LogP contribution in [0.3, 0.4) is 0 Å². The first kappa shape index (κ1) is 27.0. The molecule has 0 bridgehead atoms. The Morgan fingerprint density at radius 1 is 1.15 bits per heavy atom. The van der Waals surface area contributed by atoms with Crippen LogP contribution in [0.15, 0.2) is 11.6 Å². The highest BCUT2D eigenvalue weighted by Crippen LogP contribution is 2.63. The summed E-state index contributed by atoms with van der Waals surface area (Å²) in [6.07, 6.45) is 7.31. The first-order valence-corrected chi connectivity index (χ1v) is 13.3. The van der Waals surface area contributed by atoms with Gasteiger partial charge in [0.05, 0.1) is 5.60 Å². The number of hydrogen-bond donors (Lipinski definition) is 2. The van der Waals surface area contributed by atoms with Crippen LogP contribution in [0.1, 0.15) is 112 Å². The first-order valence-electron chi connectivity index (χ1n) is 13.3. The molecule has 0 spiro atoms. The Balaban J connectivity index is 1.76. The molecule has 2 fully saturated rings. The monoisotopic (exact) mass is 472 g/mol. The predicted octanol–water partition coefficient (Wildman–Crippen LogP) is 7.83. The van der Waals surface area contributed by atoms with Gasteiger partial charge in [-0.15, -0.1) is 0 Å². The van der Waals surface area contributed by atoms with Crippen molar-refractivity contribution >= 4 is 0 Å². The zero-order valence-electron chi connectivity index (χ0n) is 21.7. The summed E-state index contributed by atoms with van der Waals surface area (Å²) in [5.41, 5.74) is -1.43. The zero-order valence-corrected chi connectivity index (χ0v) is 21.7. The molecule has 33 heavy (non-hydrogen) atoms. The molecule has 0 saturated heterocycles. The maximum absolute atomic E-state index is 13.1. The smallest absolute Gasteiger partial charge is 0.390 e. The summed E-state index contributed by atoms with van der Waals surface area (Å²) < 4.78 is 39.3. The molecule has 2 nitrogen and oxygen atoms in total. The van der Waals surface area contributed by atoms with E-state index in [1.165, 1.54) is 18.4 Å². The Kier molecular flexibility index (Phi) is 7.50. The Bertz CT molecular complexity index is 725. The van der Waals surface area contributed by atoms with Crippen molar-refractivity contribution in [1.82, 2.24) is 0 Å². The molecule has 0 heterocycles. The Hall–Kier alpha value is -0.550. The second-order valence-electron chi connectivity index (χ2n) is 13.0. The van der Waals surface area contributed by atoms with Gasteiger partial charge in [0.2, 0.25) is 0 Å². The molecule has 0 aromatic rings. The Morgan fingerprint density at radius 2 is 1.82 bits per heavy atom. The van der Waals surface area contributed by atoms with Crippen LogP contribution in [-0.4, -0.2) is 27.6 Å². The fourth-order valence-electron chi connectivity index (χ4n) is 7.89. The van der Waals surface area contributed by atoms with Gasteiger partial charge in [-0.05, 0) is 113 Å². The molecule has 0 aromatic carbocycles. The van der Waals surface area contributed by atoms with E-state index in [0.717, 1.165) is 51.9 Å². The molecule has 3 aliphatic rings. The van der Waals surface area contributed by atoms with Crippen LogP contribution in [0.2, 0.25) is 0 Å². The molecule has 0 unspecified atom stereocenters. The standard InChI is InChI=1S/C28H47F3O2/c1-7-8-22-21-10-9-20-18-25(4,32)15-16-26(20,5)23(21)12-13-24(22,3)17-19(2)11-14-27(6,33)28(29,30)31/h9,19,21-23,32-33H,7-8,10-18H2,1-6H3/t19-,21+,22+,23+,24-,25+,26+,27-/m1/s1. The summed E-state index contributed by atoms with van der Waals surface area (Å²) in [5.74, 6) is 1.98. The van der Waals surface area contributed by atoms with Crippen molar-refractivity contribution in [3.8, 4) is 0 Å². The molecule has 0 aromatic heterocycles. The van der Waals surface area contributed by atoms with Crippen LogP contribution >= 0.6 is 0 Å². The molecule has 0 radical (unpaired) electrons. The second-order valence-corrected chi connectivity index (χ2v) is 13.0. The van der Waals surface area contributed by atoms with E-state index in [4.69, 9.17) is 0 Å². The van der Waals surface area contributed by atoms with Gasteiger partial charge in [-0.3, -0.25) is 0 Å². The minimum atomic E-state index is -4.58. The number of halogens is 3. The molecule has 8 atom stereocenters. The molecule has 0 amide bonds. The number of hydrogen-bond acceptors (Lipinski definition) is 2. The third kappa shape index (κ3) is 5.34. The highest BCUT2D eigenvalue weighted by atomic mass is 19.4. The number of fused-ring (bicyclic) bond motifs is 3. The highest BCUT2D eigenvalue weighted by Gasteiger charge is 2.55. The van der Waals surface area contributed by atoms with Gasteiger partial charge in [0.15, 0.2) is 5.60 Å². The maximum Gasteiger partial charge on any atom is 0.416 e. The zero-order chi connectivity index (χ0) is 24.9. The fraction of sp³-hybridized carbons (Fsp3) is 0.929. The van der Waals surface area contributed by atoms with Crippen molar-refractivity contribution in [3.63, 3.8) is 0 Å². The quantitative estimate of drug-likeness (QED) is 0.371. The van der Waals surface area contributed by atoms with Crippen molar-refractivity contribution in [2.45, 2.75) is 130 Å². The van der Waals surface area contributed by atoms with E-state index in [-0.39, 0.29) is 23.2 Å². The Morgan fingerprint density at radius 3 is 2.42 bits per heavy atom. The molecular formula is C28H47F3O2. The van der Waals surface area contributed by atoms with E-state index in [1.54, 1.807) is 0 Å². The van der Waals surface area contributed by atoms with Gasteiger partial charge in [0.25, 0.3) is 0 Å². The van der Waals surface area contributed by atoms with Crippen molar-refractivity contribution in [2.24, 2.45) is 34.5 Å².